The topological polar surface area (TPSA) is 84.5 Å². The number of aliphatic carboxylic acids is 1. The molecule has 1 fully saturated rings. The van der Waals surface area contributed by atoms with Gasteiger partial charge in [-0.1, -0.05) is 13.0 Å². The normalized spacial score (nSPS) is 20.9. The molecule has 1 aromatic rings. The molecule has 0 bridgehead atoms. The molecule has 0 amide bonds. The van der Waals surface area contributed by atoms with Gasteiger partial charge in [-0.2, -0.15) is 0 Å². The summed E-state index contributed by atoms with van der Waals surface area (Å²) >= 11 is 0. The Morgan fingerprint density at radius 1 is 1.32 bits per heavy atom. The molecule has 0 aromatic carbocycles. The third-order valence-corrected chi connectivity index (χ3v) is 4.53. The van der Waals surface area contributed by atoms with E-state index in [-0.39, 0.29) is 5.49 Å². The Balaban J connectivity index is 2.39. The number of nitrogens with one attached hydrogen (secondary N) is 1. The van der Waals surface area contributed by atoms with Crippen LogP contribution < -0.4 is 11.0 Å². The molecule has 0 spiro atoms. The smallest absolute Gasteiger partial charge is 0.480 e. The fraction of sp³-hybridized carbons (Fsp3) is 0.600. The molecule has 2 rings (SSSR count). The van der Waals surface area contributed by atoms with Gasteiger partial charge in [-0.05, 0) is 45.6 Å². The van der Waals surface area contributed by atoms with Crippen LogP contribution in [0, 0.1) is 5.41 Å². The number of aromatic nitrogens is 1. The highest BCUT2D eigenvalue weighted by Crippen LogP contribution is 2.36. The highest BCUT2D eigenvalue weighted by atomic mass is 16.7. The van der Waals surface area contributed by atoms with Crippen molar-refractivity contribution in [2.75, 3.05) is 0 Å². The Morgan fingerprint density at radius 2 is 1.86 bits per heavy atom. The number of nitrogens with zero attached hydrogens (tertiary/aromatic N) is 1. The van der Waals surface area contributed by atoms with E-state index in [0.717, 1.165) is 0 Å². The van der Waals surface area contributed by atoms with Gasteiger partial charge in [0.1, 0.15) is 11.5 Å². The monoisotopic (exact) mass is 306 g/mol. The number of hydrogen-bond donors (Lipinski definition) is 2. The minimum atomic E-state index is -0.952. The first-order chi connectivity index (χ1) is 10.1. The van der Waals surface area contributed by atoms with Crippen molar-refractivity contribution in [1.29, 1.82) is 5.41 Å². The van der Waals surface area contributed by atoms with E-state index in [0.29, 0.717) is 11.9 Å². The quantitative estimate of drug-likeness (QED) is 0.821. The first-order valence-corrected chi connectivity index (χ1v) is 7.44. The SMILES string of the molecule is CCC(C(=O)O)n1cc(B2OC(C)(C)C(C)(C)O2)ccc1=N. The van der Waals surface area contributed by atoms with Gasteiger partial charge in [-0.15, -0.1) is 0 Å². The molecular formula is C15H23BN2O4. The average molecular weight is 306 g/mol. The van der Waals surface area contributed by atoms with Crippen LogP contribution in [0.4, 0.5) is 0 Å². The van der Waals surface area contributed by atoms with Gasteiger partial charge in [0.2, 0.25) is 0 Å². The maximum Gasteiger partial charge on any atom is 0.496 e. The summed E-state index contributed by atoms with van der Waals surface area (Å²) in [7, 11) is -0.567. The fourth-order valence-corrected chi connectivity index (χ4v) is 2.40. The Morgan fingerprint density at radius 3 is 2.32 bits per heavy atom. The maximum absolute atomic E-state index is 11.4. The molecular weight excluding hydrogens is 283 g/mol. The van der Waals surface area contributed by atoms with Crippen molar-refractivity contribution in [3.63, 3.8) is 0 Å². The van der Waals surface area contributed by atoms with E-state index in [9.17, 15) is 9.90 Å². The fourth-order valence-electron chi connectivity index (χ4n) is 2.40. The van der Waals surface area contributed by atoms with Crippen LogP contribution in [0.25, 0.3) is 0 Å². The van der Waals surface area contributed by atoms with Gasteiger partial charge < -0.3 is 19.0 Å². The predicted octanol–water partition coefficient (Wildman–Crippen LogP) is 1.30. The number of carboxylic acid groups (broad SMARTS) is 1. The number of rotatable bonds is 4. The lowest BCUT2D eigenvalue weighted by molar-refractivity contribution is -0.141. The van der Waals surface area contributed by atoms with E-state index in [1.165, 1.54) is 4.57 Å². The van der Waals surface area contributed by atoms with E-state index >= 15 is 0 Å². The minimum absolute atomic E-state index is 0.148. The summed E-state index contributed by atoms with van der Waals surface area (Å²) in [5.74, 6) is -0.952. The predicted molar refractivity (Wildman–Crippen MR) is 83.0 cm³/mol. The van der Waals surface area contributed by atoms with Crippen LogP contribution in [0.5, 0.6) is 0 Å². The summed E-state index contributed by atoms with van der Waals surface area (Å²) in [5, 5.41) is 17.2. The standard InChI is InChI=1S/C15H23BN2O4/c1-6-11(13(19)20)18-9-10(7-8-12(18)17)16-21-14(2,3)15(4,5)22-16/h7-9,11,17H,6H2,1-5H3,(H,19,20). The molecule has 1 saturated heterocycles. The molecule has 6 nitrogen and oxygen atoms in total. The second-order valence-electron chi connectivity index (χ2n) is 6.61. The molecule has 7 heteroatoms. The number of hydrogen-bond acceptors (Lipinski definition) is 4. The second kappa shape index (κ2) is 5.55. The zero-order valence-electron chi connectivity index (χ0n) is 13.7. The average Bonchev–Trinajstić information content (AvgIpc) is 2.61. The molecule has 22 heavy (non-hydrogen) atoms. The van der Waals surface area contributed by atoms with Crippen LogP contribution in [-0.2, 0) is 14.1 Å². The van der Waals surface area contributed by atoms with E-state index in [1.54, 1.807) is 25.3 Å². The first kappa shape index (κ1) is 16.8. The minimum Gasteiger partial charge on any atom is -0.480 e. The molecule has 1 aromatic heterocycles. The number of pyridine rings is 1. The lowest BCUT2D eigenvalue weighted by Crippen LogP contribution is -2.41. The molecule has 1 atom stereocenters. The van der Waals surface area contributed by atoms with Crippen molar-refractivity contribution in [3.05, 3.63) is 23.8 Å². The molecule has 0 aliphatic carbocycles. The molecule has 1 aliphatic rings. The molecule has 2 heterocycles. The second-order valence-corrected chi connectivity index (χ2v) is 6.61. The van der Waals surface area contributed by atoms with E-state index < -0.39 is 30.3 Å². The van der Waals surface area contributed by atoms with Crippen LogP contribution >= 0.6 is 0 Å². The van der Waals surface area contributed by atoms with E-state index in [2.05, 4.69) is 0 Å². The largest absolute Gasteiger partial charge is 0.496 e. The Labute approximate surface area is 130 Å². The van der Waals surface area contributed by atoms with Crippen molar-refractivity contribution < 1.29 is 19.2 Å². The van der Waals surface area contributed by atoms with Crippen molar-refractivity contribution in [1.82, 2.24) is 4.57 Å². The summed E-state index contributed by atoms with van der Waals surface area (Å²) in [5.41, 5.74) is -0.0538. The molecule has 1 unspecified atom stereocenters. The van der Waals surface area contributed by atoms with Crippen molar-refractivity contribution in [2.24, 2.45) is 0 Å². The first-order valence-electron chi connectivity index (χ1n) is 7.44. The zero-order valence-corrected chi connectivity index (χ0v) is 13.7. The van der Waals surface area contributed by atoms with Gasteiger partial charge in [0.15, 0.2) is 0 Å². The number of carboxylic acids is 1. The summed E-state index contributed by atoms with van der Waals surface area (Å²) in [6.45, 7) is 9.64. The van der Waals surface area contributed by atoms with Crippen molar-refractivity contribution in [2.45, 2.75) is 58.3 Å². The third-order valence-electron chi connectivity index (χ3n) is 4.53. The summed E-state index contributed by atoms with van der Waals surface area (Å²) in [6, 6.07) is 2.55. The van der Waals surface area contributed by atoms with Gasteiger partial charge in [-0.25, -0.2) is 4.79 Å². The molecule has 1 aliphatic heterocycles. The third kappa shape index (κ3) is 2.83. The Kier molecular flexibility index (Phi) is 4.23. The summed E-state index contributed by atoms with van der Waals surface area (Å²) in [4.78, 5) is 11.4. The number of carbonyl (C=O) groups is 1. The van der Waals surface area contributed by atoms with Crippen molar-refractivity contribution >= 4 is 18.6 Å². The van der Waals surface area contributed by atoms with Gasteiger partial charge in [0.05, 0.1) is 11.2 Å². The van der Waals surface area contributed by atoms with Crippen LogP contribution in [0.15, 0.2) is 18.3 Å². The Bertz CT molecular complexity index is 623. The summed E-state index contributed by atoms with van der Waals surface area (Å²) in [6.07, 6.45) is 2.05. The van der Waals surface area contributed by atoms with E-state index in [4.69, 9.17) is 14.7 Å². The van der Waals surface area contributed by atoms with Crippen LogP contribution in [0.2, 0.25) is 0 Å². The van der Waals surface area contributed by atoms with Gasteiger partial charge in [0, 0.05) is 6.20 Å². The highest BCUT2D eigenvalue weighted by Gasteiger charge is 2.51. The Hall–Kier alpha value is -1.60. The lowest BCUT2D eigenvalue weighted by Gasteiger charge is -2.32. The lowest BCUT2D eigenvalue weighted by atomic mass is 9.80. The van der Waals surface area contributed by atoms with E-state index in [1.807, 2.05) is 27.7 Å². The van der Waals surface area contributed by atoms with Gasteiger partial charge in [0.25, 0.3) is 0 Å². The van der Waals surface area contributed by atoms with Crippen LogP contribution in [-0.4, -0.2) is 34.0 Å². The zero-order chi connectivity index (χ0) is 16.7. The van der Waals surface area contributed by atoms with Gasteiger partial charge in [-0.3, -0.25) is 5.41 Å². The molecule has 0 radical (unpaired) electrons. The van der Waals surface area contributed by atoms with Gasteiger partial charge >= 0.3 is 13.1 Å². The van der Waals surface area contributed by atoms with Crippen LogP contribution in [0.3, 0.4) is 0 Å². The maximum atomic E-state index is 11.4. The molecule has 0 saturated carbocycles. The molecule has 2 N–H and O–H groups in total. The van der Waals surface area contributed by atoms with Crippen LogP contribution in [0.1, 0.15) is 47.1 Å². The highest BCUT2D eigenvalue weighted by molar-refractivity contribution is 6.62. The van der Waals surface area contributed by atoms with Crippen molar-refractivity contribution in [3.8, 4) is 0 Å². The molecule has 120 valence electrons. The summed E-state index contributed by atoms with van der Waals surface area (Å²) < 4.78 is 13.4.